The Morgan fingerprint density at radius 1 is 1.12 bits per heavy atom. The maximum Gasteiger partial charge on any atom is 0.416 e. The van der Waals surface area contributed by atoms with Crippen LogP contribution in [0.1, 0.15) is 5.56 Å². The third-order valence-electron chi connectivity index (χ3n) is 1.99. The summed E-state index contributed by atoms with van der Waals surface area (Å²) in [5.74, 6) is 0. The van der Waals surface area contributed by atoms with Crippen LogP contribution >= 0.6 is 11.6 Å². The van der Waals surface area contributed by atoms with Crippen LogP contribution in [0.15, 0.2) is 34.9 Å². The van der Waals surface area contributed by atoms with Crippen LogP contribution in [0.3, 0.4) is 0 Å². The molecule has 0 aliphatic heterocycles. The van der Waals surface area contributed by atoms with E-state index >= 15 is 0 Å². The third-order valence-corrected chi connectivity index (χ3v) is 2.17. The lowest BCUT2D eigenvalue weighted by atomic mass is 10.1. The van der Waals surface area contributed by atoms with E-state index in [1.807, 2.05) is 0 Å². The van der Waals surface area contributed by atoms with Crippen LogP contribution in [0, 0.1) is 0 Å². The minimum Gasteiger partial charge on any atom is -0.344 e. The Morgan fingerprint density at radius 2 is 1.75 bits per heavy atom. The Hall–Kier alpha value is -1.49. The molecular formula is C10H5ClF3NO. The summed E-state index contributed by atoms with van der Waals surface area (Å²) < 4.78 is 41.4. The molecule has 6 heteroatoms. The van der Waals surface area contributed by atoms with E-state index in [0.717, 1.165) is 12.1 Å². The third kappa shape index (κ3) is 2.19. The van der Waals surface area contributed by atoms with E-state index in [9.17, 15) is 13.2 Å². The van der Waals surface area contributed by atoms with E-state index in [0.29, 0.717) is 11.3 Å². The monoisotopic (exact) mass is 247 g/mol. The van der Waals surface area contributed by atoms with E-state index in [1.165, 1.54) is 18.2 Å². The minimum absolute atomic E-state index is 0.0925. The van der Waals surface area contributed by atoms with Crippen molar-refractivity contribution in [1.29, 1.82) is 0 Å². The molecule has 2 rings (SSSR count). The predicted molar refractivity (Wildman–Crippen MR) is 52.0 cm³/mol. The Kier molecular flexibility index (Phi) is 2.63. The van der Waals surface area contributed by atoms with E-state index in [2.05, 4.69) is 9.68 Å². The van der Waals surface area contributed by atoms with Gasteiger partial charge in [0.25, 0.3) is 0 Å². The molecule has 0 bridgehead atoms. The Labute approximate surface area is 93.6 Å². The molecule has 0 saturated carbocycles. The normalized spacial score (nSPS) is 11.8. The zero-order valence-electron chi connectivity index (χ0n) is 7.75. The second kappa shape index (κ2) is 3.83. The van der Waals surface area contributed by atoms with Gasteiger partial charge in [-0.2, -0.15) is 13.2 Å². The molecule has 0 amide bonds. The highest BCUT2D eigenvalue weighted by Gasteiger charge is 2.30. The first-order valence-corrected chi connectivity index (χ1v) is 4.64. The van der Waals surface area contributed by atoms with Gasteiger partial charge < -0.3 is 4.52 Å². The van der Waals surface area contributed by atoms with Crippen molar-refractivity contribution in [2.24, 2.45) is 0 Å². The minimum atomic E-state index is -4.33. The number of hydrogen-bond acceptors (Lipinski definition) is 2. The summed E-state index contributed by atoms with van der Waals surface area (Å²) in [4.78, 5) is 0. The van der Waals surface area contributed by atoms with Crippen molar-refractivity contribution in [2.75, 3.05) is 0 Å². The molecule has 0 spiro atoms. The number of aromatic nitrogens is 1. The van der Waals surface area contributed by atoms with Gasteiger partial charge in [0.15, 0.2) is 0 Å². The van der Waals surface area contributed by atoms with Crippen molar-refractivity contribution in [3.05, 3.63) is 41.1 Å². The molecule has 1 aromatic carbocycles. The molecular weight excluding hydrogens is 243 g/mol. The van der Waals surface area contributed by atoms with Crippen molar-refractivity contribution in [1.82, 2.24) is 5.16 Å². The van der Waals surface area contributed by atoms with Gasteiger partial charge >= 0.3 is 6.18 Å². The van der Waals surface area contributed by atoms with E-state index < -0.39 is 11.7 Å². The predicted octanol–water partition coefficient (Wildman–Crippen LogP) is 4.01. The molecule has 1 heterocycles. The topological polar surface area (TPSA) is 26.0 Å². The first kappa shape index (κ1) is 11.0. The van der Waals surface area contributed by atoms with Crippen molar-refractivity contribution < 1.29 is 17.7 Å². The van der Waals surface area contributed by atoms with Gasteiger partial charge in [-0.1, -0.05) is 17.3 Å². The average molecular weight is 248 g/mol. The van der Waals surface area contributed by atoms with Crippen LogP contribution in [-0.2, 0) is 6.18 Å². The first-order chi connectivity index (χ1) is 7.47. The van der Waals surface area contributed by atoms with Gasteiger partial charge in [-0.25, -0.2) is 0 Å². The molecule has 2 aromatic rings. The molecule has 0 fully saturated rings. The van der Waals surface area contributed by atoms with E-state index in [4.69, 9.17) is 11.6 Å². The summed E-state index contributed by atoms with van der Waals surface area (Å²) in [5, 5.41) is 3.68. The fourth-order valence-corrected chi connectivity index (χ4v) is 1.36. The number of alkyl halides is 3. The zero-order chi connectivity index (χ0) is 11.8. The largest absolute Gasteiger partial charge is 0.416 e. The fourth-order valence-electron chi connectivity index (χ4n) is 1.22. The van der Waals surface area contributed by atoms with Crippen LogP contribution in [-0.4, -0.2) is 5.16 Å². The molecule has 0 unspecified atom stereocenters. The highest BCUT2D eigenvalue weighted by Crippen LogP contribution is 2.31. The molecule has 2 nitrogen and oxygen atoms in total. The van der Waals surface area contributed by atoms with Crippen molar-refractivity contribution in [2.45, 2.75) is 6.18 Å². The van der Waals surface area contributed by atoms with Gasteiger partial charge in [-0.15, -0.1) is 0 Å². The van der Waals surface area contributed by atoms with Crippen molar-refractivity contribution in [3.8, 4) is 11.3 Å². The van der Waals surface area contributed by atoms with Crippen molar-refractivity contribution in [3.63, 3.8) is 0 Å². The summed E-state index contributed by atoms with van der Waals surface area (Å²) in [5.41, 5.74) is 0.216. The van der Waals surface area contributed by atoms with Crippen molar-refractivity contribution >= 4 is 11.6 Å². The van der Waals surface area contributed by atoms with Gasteiger partial charge in [-0.3, -0.25) is 0 Å². The molecule has 0 radical (unpaired) electrons. The molecule has 0 atom stereocenters. The van der Waals surface area contributed by atoms with Gasteiger partial charge in [0.05, 0.1) is 5.56 Å². The zero-order valence-corrected chi connectivity index (χ0v) is 8.51. The lowest BCUT2D eigenvalue weighted by Gasteiger charge is -2.06. The highest BCUT2D eigenvalue weighted by molar-refractivity contribution is 6.29. The molecule has 84 valence electrons. The molecule has 16 heavy (non-hydrogen) atoms. The lowest BCUT2D eigenvalue weighted by molar-refractivity contribution is -0.137. The number of halogens is 4. The van der Waals surface area contributed by atoms with Crippen LogP contribution in [0.4, 0.5) is 13.2 Å². The fraction of sp³-hybridized carbons (Fsp3) is 0.100. The summed E-state index contributed by atoms with van der Waals surface area (Å²) >= 11 is 5.50. The number of hydrogen-bond donors (Lipinski definition) is 0. The number of nitrogens with zero attached hydrogens (tertiary/aromatic N) is 1. The number of rotatable bonds is 1. The van der Waals surface area contributed by atoms with Gasteiger partial charge in [-0.05, 0) is 23.7 Å². The highest BCUT2D eigenvalue weighted by atomic mass is 35.5. The second-order valence-electron chi connectivity index (χ2n) is 3.09. The van der Waals surface area contributed by atoms with Gasteiger partial charge in [0, 0.05) is 11.6 Å². The standard InChI is InChI=1S/C10H5ClF3NO/c11-9-5-8(15-16-9)6-1-3-7(4-2-6)10(12,13)14/h1-5H. The molecule has 0 aliphatic rings. The molecule has 0 aliphatic carbocycles. The van der Waals surface area contributed by atoms with Crippen LogP contribution in [0.2, 0.25) is 5.22 Å². The Morgan fingerprint density at radius 3 is 2.19 bits per heavy atom. The second-order valence-corrected chi connectivity index (χ2v) is 3.46. The lowest BCUT2D eigenvalue weighted by Crippen LogP contribution is -2.03. The molecule has 0 N–H and O–H groups in total. The maximum absolute atomic E-state index is 12.3. The van der Waals surface area contributed by atoms with E-state index in [1.54, 1.807) is 0 Å². The summed E-state index contributed by atoms with van der Waals surface area (Å²) in [6.07, 6.45) is -4.33. The van der Waals surface area contributed by atoms with Gasteiger partial charge in [0.2, 0.25) is 5.22 Å². The maximum atomic E-state index is 12.3. The van der Waals surface area contributed by atoms with E-state index in [-0.39, 0.29) is 5.22 Å². The number of benzene rings is 1. The molecule has 0 saturated heterocycles. The summed E-state index contributed by atoms with van der Waals surface area (Å²) in [6, 6.07) is 6.04. The Balaban J connectivity index is 2.33. The average Bonchev–Trinajstić information content (AvgIpc) is 2.64. The van der Waals surface area contributed by atoms with Crippen LogP contribution in [0.25, 0.3) is 11.3 Å². The molecule has 1 aromatic heterocycles. The van der Waals surface area contributed by atoms with Crippen LogP contribution in [0.5, 0.6) is 0 Å². The first-order valence-electron chi connectivity index (χ1n) is 4.26. The smallest absolute Gasteiger partial charge is 0.344 e. The summed E-state index contributed by atoms with van der Waals surface area (Å²) in [6.45, 7) is 0. The Bertz CT molecular complexity index is 490. The van der Waals surface area contributed by atoms with Crippen LogP contribution < -0.4 is 0 Å². The summed E-state index contributed by atoms with van der Waals surface area (Å²) in [7, 11) is 0. The quantitative estimate of drug-likeness (QED) is 0.761. The SMILES string of the molecule is FC(F)(F)c1ccc(-c2cc(Cl)on2)cc1. The van der Waals surface area contributed by atoms with Gasteiger partial charge in [0.1, 0.15) is 5.69 Å².